The number of benzene rings is 1. The summed E-state index contributed by atoms with van der Waals surface area (Å²) in [6.07, 6.45) is 4.85. The van der Waals surface area contributed by atoms with Crippen molar-refractivity contribution in [2.75, 3.05) is 6.54 Å². The van der Waals surface area contributed by atoms with E-state index in [1.807, 2.05) is 0 Å². The molecule has 1 N–H and O–H groups in total. The van der Waals surface area contributed by atoms with Gasteiger partial charge in [-0.15, -0.1) is 0 Å². The second kappa shape index (κ2) is 5.61. The van der Waals surface area contributed by atoms with E-state index in [2.05, 4.69) is 38.2 Å². The van der Waals surface area contributed by atoms with E-state index in [1.54, 1.807) is 5.56 Å². The molecule has 0 atom stereocenters. The fraction of sp³-hybridized carbons (Fsp3) is 0.556. The lowest BCUT2D eigenvalue weighted by atomic mass is 9.97. The van der Waals surface area contributed by atoms with Crippen molar-refractivity contribution >= 4 is 11.0 Å². The molecule has 0 saturated carbocycles. The molecule has 0 bridgehead atoms. The largest absolute Gasteiger partial charge is 0.459 e. The van der Waals surface area contributed by atoms with Crippen LogP contribution in [0.25, 0.3) is 11.0 Å². The molecule has 0 saturated heterocycles. The minimum atomic E-state index is 0.657. The summed E-state index contributed by atoms with van der Waals surface area (Å²) in [5.74, 6) is 1.80. The molecule has 2 aromatic rings. The summed E-state index contributed by atoms with van der Waals surface area (Å²) >= 11 is 0. The van der Waals surface area contributed by atoms with Gasteiger partial charge in [0.15, 0.2) is 0 Å². The third-order valence-electron chi connectivity index (χ3n) is 4.24. The summed E-state index contributed by atoms with van der Waals surface area (Å²) in [5.41, 5.74) is 5.55. The Bertz CT molecular complexity index is 609. The molecule has 108 valence electrons. The molecule has 0 radical (unpaired) electrons. The summed E-state index contributed by atoms with van der Waals surface area (Å²) in [6.45, 7) is 8.53. The maximum Gasteiger partial charge on any atom is 0.134 e. The molecular weight excluding hydrogens is 246 g/mol. The van der Waals surface area contributed by atoms with E-state index < -0.39 is 0 Å². The Kier molecular flexibility index (Phi) is 3.84. The first-order valence-corrected chi connectivity index (χ1v) is 7.95. The van der Waals surface area contributed by atoms with Crippen LogP contribution < -0.4 is 5.32 Å². The van der Waals surface area contributed by atoms with Crippen LogP contribution in [-0.2, 0) is 25.8 Å². The fourth-order valence-electron chi connectivity index (χ4n) is 3.28. The maximum atomic E-state index is 6.16. The Labute approximate surface area is 121 Å². The van der Waals surface area contributed by atoms with Crippen LogP contribution in [0.4, 0.5) is 0 Å². The predicted molar refractivity (Wildman–Crippen MR) is 84.2 cm³/mol. The van der Waals surface area contributed by atoms with Crippen molar-refractivity contribution < 1.29 is 4.42 Å². The fourth-order valence-corrected chi connectivity index (χ4v) is 3.28. The third kappa shape index (κ3) is 2.49. The highest BCUT2D eigenvalue weighted by Gasteiger charge is 2.19. The Morgan fingerprint density at radius 2 is 1.95 bits per heavy atom. The van der Waals surface area contributed by atoms with E-state index in [0.717, 1.165) is 30.9 Å². The molecule has 1 aromatic heterocycles. The highest BCUT2D eigenvalue weighted by atomic mass is 16.3. The number of fused-ring (bicyclic) bond motifs is 2. The van der Waals surface area contributed by atoms with Gasteiger partial charge in [-0.2, -0.15) is 0 Å². The lowest BCUT2D eigenvalue weighted by molar-refractivity contribution is 0.506. The Morgan fingerprint density at radius 3 is 2.65 bits per heavy atom. The van der Waals surface area contributed by atoms with Crippen LogP contribution >= 0.6 is 0 Å². The first-order valence-electron chi connectivity index (χ1n) is 7.95. The predicted octanol–water partition coefficient (Wildman–Crippen LogP) is 4.23. The van der Waals surface area contributed by atoms with Crippen molar-refractivity contribution in [1.82, 2.24) is 5.32 Å². The highest BCUT2D eigenvalue weighted by Crippen LogP contribution is 2.33. The van der Waals surface area contributed by atoms with Crippen LogP contribution in [0.1, 0.15) is 49.6 Å². The third-order valence-corrected chi connectivity index (χ3v) is 4.24. The molecule has 0 spiro atoms. The van der Waals surface area contributed by atoms with Crippen molar-refractivity contribution in [3.05, 3.63) is 34.6 Å². The number of hydrogen-bond donors (Lipinski definition) is 1. The zero-order chi connectivity index (χ0) is 14.1. The van der Waals surface area contributed by atoms with E-state index in [-0.39, 0.29) is 0 Å². The summed E-state index contributed by atoms with van der Waals surface area (Å²) in [5, 5.41) is 4.76. The molecule has 1 aliphatic carbocycles. The van der Waals surface area contributed by atoms with Crippen LogP contribution in [0.3, 0.4) is 0 Å². The van der Waals surface area contributed by atoms with E-state index in [1.165, 1.54) is 35.8 Å². The van der Waals surface area contributed by atoms with E-state index in [4.69, 9.17) is 4.42 Å². The molecule has 1 aliphatic rings. The first kappa shape index (κ1) is 13.7. The zero-order valence-corrected chi connectivity index (χ0v) is 12.9. The van der Waals surface area contributed by atoms with E-state index in [9.17, 15) is 0 Å². The Morgan fingerprint density at radius 1 is 1.20 bits per heavy atom. The average molecular weight is 271 g/mol. The van der Waals surface area contributed by atoms with E-state index >= 15 is 0 Å². The molecular formula is C18H25NO. The quantitative estimate of drug-likeness (QED) is 0.880. The highest BCUT2D eigenvalue weighted by molar-refractivity contribution is 5.84. The molecule has 0 fully saturated rings. The first-order chi connectivity index (χ1) is 9.69. The van der Waals surface area contributed by atoms with Crippen molar-refractivity contribution in [2.45, 2.75) is 53.0 Å². The van der Waals surface area contributed by atoms with Gasteiger partial charge in [0.2, 0.25) is 0 Å². The van der Waals surface area contributed by atoms with Gasteiger partial charge in [0.1, 0.15) is 11.3 Å². The van der Waals surface area contributed by atoms with Gasteiger partial charge in [-0.05, 0) is 61.4 Å². The normalized spacial score (nSPS) is 14.4. The number of aryl methyl sites for hydroxylation is 2. The summed E-state index contributed by atoms with van der Waals surface area (Å²) < 4.78 is 6.16. The Balaban J connectivity index is 2.08. The van der Waals surface area contributed by atoms with Crippen LogP contribution in [0, 0.1) is 5.92 Å². The molecule has 0 aliphatic heterocycles. The SMILES string of the molecule is CCNCc1oc2cc3c(cc2c1CC(C)C)CCC3. The molecule has 2 nitrogen and oxygen atoms in total. The second-order valence-electron chi connectivity index (χ2n) is 6.35. The van der Waals surface area contributed by atoms with Gasteiger partial charge in [-0.1, -0.05) is 20.8 Å². The summed E-state index contributed by atoms with van der Waals surface area (Å²) in [6, 6.07) is 4.69. The molecule has 2 heteroatoms. The smallest absolute Gasteiger partial charge is 0.134 e. The van der Waals surface area contributed by atoms with Gasteiger partial charge >= 0.3 is 0 Å². The van der Waals surface area contributed by atoms with Gasteiger partial charge in [0, 0.05) is 10.9 Å². The number of rotatable bonds is 5. The molecule has 20 heavy (non-hydrogen) atoms. The van der Waals surface area contributed by atoms with Crippen molar-refractivity contribution in [2.24, 2.45) is 5.92 Å². The van der Waals surface area contributed by atoms with Crippen LogP contribution in [0.2, 0.25) is 0 Å². The molecule has 1 aromatic carbocycles. The lowest BCUT2D eigenvalue weighted by Crippen LogP contribution is -2.12. The van der Waals surface area contributed by atoms with Crippen LogP contribution in [0.15, 0.2) is 16.5 Å². The van der Waals surface area contributed by atoms with Crippen LogP contribution in [0.5, 0.6) is 0 Å². The van der Waals surface area contributed by atoms with Gasteiger partial charge in [0.05, 0.1) is 6.54 Å². The van der Waals surface area contributed by atoms with Gasteiger partial charge in [-0.25, -0.2) is 0 Å². The summed E-state index contributed by atoms with van der Waals surface area (Å²) in [4.78, 5) is 0. The maximum absolute atomic E-state index is 6.16. The molecule has 1 heterocycles. The Hall–Kier alpha value is -1.28. The average Bonchev–Trinajstić information content (AvgIpc) is 2.98. The van der Waals surface area contributed by atoms with E-state index in [0.29, 0.717) is 5.92 Å². The standard InChI is InChI=1S/C18H25NO/c1-4-19-11-18-15(8-12(2)3)16-9-13-6-5-7-14(13)10-17(16)20-18/h9-10,12,19H,4-8,11H2,1-3H3. The van der Waals surface area contributed by atoms with Gasteiger partial charge < -0.3 is 9.73 Å². The van der Waals surface area contributed by atoms with Crippen molar-refractivity contribution in [3.63, 3.8) is 0 Å². The number of hydrogen-bond acceptors (Lipinski definition) is 2. The number of furan rings is 1. The number of nitrogens with one attached hydrogen (secondary N) is 1. The van der Waals surface area contributed by atoms with Gasteiger partial charge in [-0.3, -0.25) is 0 Å². The minimum Gasteiger partial charge on any atom is -0.459 e. The van der Waals surface area contributed by atoms with Crippen molar-refractivity contribution in [3.8, 4) is 0 Å². The second-order valence-corrected chi connectivity index (χ2v) is 6.35. The molecule has 0 unspecified atom stereocenters. The monoisotopic (exact) mass is 271 g/mol. The molecule has 3 rings (SSSR count). The topological polar surface area (TPSA) is 25.2 Å². The van der Waals surface area contributed by atoms with Crippen LogP contribution in [-0.4, -0.2) is 6.54 Å². The van der Waals surface area contributed by atoms with Crippen molar-refractivity contribution in [1.29, 1.82) is 0 Å². The zero-order valence-electron chi connectivity index (χ0n) is 12.9. The summed E-state index contributed by atoms with van der Waals surface area (Å²) in [7, 11) is 0. The lowest BCUT2D eigenvalue weighted by Gasteiger charge is -2.07. The van der Waals surface area contributed by atoms with Gasteiger partial charge in [0.25, 0.3) is 0 Å². The molecule has 0 amide bonds. The minimum absolute atomic E-state index is 0.657.